The lowest BCUT2D eigenvalue weighted by atomic mass is 10.2. The predicted octanol–water partition coefficient (Wildman–Crippen LogP) is 3.56. The fraction of sp³-hybridized carbons (Fsp3) is 0.0526. The van der Waals surface area contributed by atoms with Crippen molar-refractivity contribution in [2.75, 3.05) is 10.6 Å². The molecule has 2 aromatic heterocycles. The molecule has 7 nitrogen and oxygen atoms in total. The van der Waals surface area contributed by atoms with Gasteiger partial charge in [0.05, 0.1) is 11.9 Å². The molecule has 0 aliphatic carbocycles. The Labute approximate surface area is 157 Å². The van der Waals surface area contributed by atoms with Gasteiger partial charge >= 0.3 is 0 Å². The molecule has 1 amide bonds. The maximum absolute atomic E-state index is 13.5. The van der Waals surface area contributed by atoms with E-state index in [-0.39, 0.29) is 12.3 Å². The minimum Gasteiger partial charge on any atom is -0.326 e. The highest BCUT2D eigenvalue weighted by Crippen LogP contribution is 2.23. The molecule has 0 bridgehead atoms. The zero-order valence-corrected chi connectivity index (χ0v) is 14.4. The van der Waals surface area contributed by atoms with Gasteiger partial charge in [-0.1, -0.05) is 6.07 Å². The van der Waals surface area contributed by atoms with Crippen LogP contribution in [0.3, 0.4) is 0 Å². The average molecular weight is 380 g/mol. The molecule has 3 N–H and O–H groups in total. The van der Waals surface area contributed by atoms with Crippen LogP contribution in [0.25, 0.3) is 10.9 Å². The first-order chi connectivity index (χ1) is 13.6. The van der Waals surface area contributed by atoms with Gasteiger partial charge in [0.25, 0.3) is 0 Å². The quantitative estimate of drug-likeness (QED) is 0.492. The molecule has 2 heterocycles. The summed E-state index contributed by atoms with van der Waals surface area (Å²) in [5.41, 5.74) is 1.50. The first kappa shape index (κ1) is 17.5. The molecule has 0 aliphatic heterocycles. The monoisotopic (exact) mass is 380 g/mol. The van der Waals surface area contributed by atoms with E-state index in [2.05, 4.69) is 30.8 Å². The molecule has 0 aliphatic rings. The van der Waals surface area contributed by atoms with Crippen molar-refractivity contribution in [2.24, 2.45) is 0 Å². The summed E-state index contributed by atoms with van der Waals surface area (Å²) in [6, 6.07) is 11.5. The first-order valence-corrected chi connectivity index (χ1v) is 8.34. The smallest absolute Gasteiger partial charge is 0.230 e. The summed E-state index contributed by atoms with van der Waals surface area (Å²) in [6.07, 6.45) is 1.38. The van der Waals surface area contributed by atoms with Crippen LogP contribution in [-0.2, 0) is 11.2 Å². The van der Waals surface area contributed by atoms with Crippen molar-refractivity contribution in [2.45, 2.75) is 6.42 Å². The number of rotatable bonds is 5. The zero-order valence-electron chi connectivity index (χ0n) is 14.4. The van der Waals surface area contributed by atoms with E-state index in [1.165, 1.54) is 36.7 Å². The van der Waals surface area contributed by atoms with Crippen LogP contribution in [0.1, 0.15) is 5.69 Å². The van der Waals surface area contributed by atoms with E-state index >= 15 is 0 Å². The second kappa shape index (κ2) is 7.39. The van der Waals surface area contributed by atoms with Crippen molar-refractivity contribution >= 4 is 34.1 Å². The van der Waals surface area contributed by atoms with E-state index in [1.807, 2.05) is 0 Å². The summed E-state index contributed by atoms with van der Waals surface area (Å²) < 4.78 is 26.7. The number of aromatic nitrogens is 4. The number of nitrogens with zero attached hydrogens (tertiary/aromatic N) is 3. The Morgan fingerprint density at radius 1 is 1.04 bits per heavy atom. The van der Waals surface area contributed by atoms with E-state index in [1.54, 1.807) is 18.2 Å². The largest absolute Gasteiger partial charge is 0.326 e. The number of halogens is 2. The highest BCUT2D eigenvalue weighted by Gasteiger charge is 2.10. The molecule has 0 atom stereocenters. The lowest BCUT2D eigenvalue weighted by molar-refractivity contribution is -0.115. The van der Waals surface area contributed by atoms with Gasteiger partial charge in [-0.25, -0.2) is 18.7 Å². The second-order valence-electron chi connectivity index (χ2n) is 6.02. The van der Waals surface area contributed by atoms with Gasteiger partial charge in [0.15, 0.2) is 5.82 Å². The molecule has 28 heavy (non-hydrogen) atoms. The molecule has 0 saturated carbocycles. The van der Waals surface area contributed by atoms with Crippen LogP contribution in [-0.4, -0.2) is 26.1 Å². The van der Waals surface area contributed by atoms with Crippen molar-refractivity contribution in [1.29, 1.82) is 0 Å². The summed E-state index contributed by atoms with van der Waals surface area (Å²) in [6.45, 7) is 0. The number of anilines is 3. The first-order valence-electron chi connectivity index (χ1n) is 8.34. The third-order valence-electron chi connectivity index (χ3n) is 3.93. The summed E-state index contributed by atoms with van der Waals surface area (Å²) in [5.74, 6) is -0.346. The summed E-state index contributed by atoms with van der Waals surface area (Å²) in [5, 5.41) is 12.9. The standard InChI is InChI=1S/C19H14F2N6O/c20-11-2-1-3-13(6-11)24-18(28)9-14-8-17(27-26-14)25-19-15-7-12(21)4-5-16(15)22-10-23-19/h1-8,10H,9H2,(H,24,28)(H2,22,23,25,26,27). The summed E-state index contributed by atoms with van der Waals surface area (Å²) >= 11 is 0. The zero-order chi connectivity index (χ0) is 19.5. The Balaban J connectivity index is 1.46. The maximum Gasteiger partial charge on any atom is 0.230 e. The number of hydrogen-bond acceptors (Lipinski definition) is 5. The average Bonchev–Trinajstić information content (AvgIpc) is 3.09. The minimum atomic E-state index is -0.431. The molecule has 9 heteroatoms. The van der Waals surface area contributed by atoms with Crippen molar-refractivity contribution < 1.29 is 13.6 Å². The molecule has 0 radical (unpaired) electrons. The number of carbonyl (C=O) groups excluding carboxylic acids is 1. The van der Waals surface area contributed by atoms with E-state index in [0.717, 1.165) is 0 Å². The van der Waals surface area contributed by atoms with Crippen LogP contribution in [0.5, 0.6) is 0 Å². The van der Waals surface area contributed by atoms with Crippen molar-refractivity contribution in [3.63, 3.8) is 0 Å². The van der Waals surface area contributed by atoms with E-state index < -0.39 is 11.6 Å². The third-order valence-corrected chi connectivity index (χ3v) is 3.93. The maximum atomic E-state index is 13.5. The lowest BCUT2D eigenvalue weighted by Crippen LogP contribution is -2.14. The molecule has 2 aromatic carbocycles. The van der Waals surface area contributed by atoms with Crippen LogP contribution in [0.4, 0.5) is 26.1 Å². The molecule has 4 rings (SSSR count). The molecule has 0 spiro atoms. The highest BCUT2D eigenvalue weighted by atomic mass is 19.1. The number of amides is 1. The minimum absolute atomic E-state index is 0.0182. The summed E-state index contributed by atoms with van der Waals surface area (Å²) in [7, 11) is 0. The van der Waals surface area contributed by atoms with Crippen molar-refractivity contribution in [3.8, 4) is 0 Å². The number of hydrogen-bond donors (Lipinski definition) is 3. The van der Waals surface area contributed by atoms with Crippen LogP contribution >= 0.6 is 0 Å². The van der Waals surface area contributed by atoms with Crippen LogP contribution in [0.15, 0.2) is 54.9 Å². The number of H-pyrrole nitrogens is 1. The van der Waals surface area contributed by atoms with Gasteiger partial charge in [-0.3, -0.25) is 9.89 Å². The molecule has 4 aromatic rings. The Hall–Kier alpha value is -3.88. The second-order valence-corrected chi connectivity index (χ2v) is 6.02. The Kier molecular flexibility index (Phi) is 4.63. The molecule has 0 saturated heterocycles. The Morgan fingerprint density at radius 2 is 1.89 bits per heavy atom. The fourth-order valence-corrected chi connectivity index (χ4v) is 2.71. The van der Waals surface area contributed by atoms with Crippen molar-refractivity contribution in [1.82, 2.24) is 20.2 Å². The predicted molar refractivity (Wildman–Crippen MR) is 100 cm³/mol. The normalized spacial score (nSPS) is 10.8. The number of fused-ring (bicyclic) bond motifs is 1. The molecule has 0 fully saturated rings. The van der Waals surface area contributed by atoms with Gasteiger partial charge in [0.1, 0.15) is 23.8 Å². The van der Waals surface area contributed by atoms with E-state index in [0.29, 0.717) is 33.9 Å². The fourth-order valence-electron chi connectivity index (χ4n) is 2.71. The molecule has 140 valence electrons. The van der Waals surface area contributed by atoms with Crippen LogP contribution in [0, 0.1) is 11.6 Å². The van der Waals surface area contributed by atoms with Gasteiger partial charge in [0.2, 0.25) is 5.91 Å². The van der Waals surface area contributed by atoms with Gasteiger partial charge in [-0.05, 0) is 36.4 Å². The van der Waals surface area contributed by atoms with Crippen LogP contribution < -0.4 is 10.6 Å². The van der Waals surface area contributed by atoms with Crippen LogP contribution in [0.2, 0.25) is 0 Å². The van der Waals surface area contributed by atoms with Crippen molar-refractivity contribution in [3.05, 3.63) is 72.2 Å². The van der Waals surface area contributed by atoms with Gasteiger partial charge in [-0.2, -0.15) is 5.10 Å². The number of nitrogens with one attached hydrogen (secondary N) is 3. The third kappa shape index (κ3) is 3.93. The van der Waals surface area contributed by atoms with E-state index in [9.17, 15) is 13.6 Å². The molecular weight excluding hydrogens is 366 g/mol. The topological polar surface area (TPSA) is 95.6 Å². The Bertz CT molecular complexity index is 1160. The highest BCUT2D eigenvalue weighted by molar-refractivity contribution is 5.92. The number of aromatic amines is 1. The lowest BCUT2D eigenvalue weighted by Gasteiger charge is -2.05. The van der Waals surface area contributed by atoms with Gasteiger partial charge in [0, 0.05) is 22.8 Å². The summed E-state index contributed by atoms with van der Waals surface area (Å²) in [4.78, 5) is 20.3. The molecule has 0 unspecified atom stereocenters. The number of carbonyl (C=O) groups is 1. The molecular formula is C19H14F2N6O. The number of benzene rings is 2. The Morgan fingerprint density at radius 3 is 2.75 bits per heavy atom. The van der Waals surface area contributed by atoms with Gasteiger partial charge in [-0.15, -0.1) is 0 Å². The SMILES string of the molecule is O=C(Cc1cc(Nc2ncnc3ccc(F)cc23)n[nH]1)Nc1cccc(F)c1. The van der Waals surface area contributed by atoms with Gasteiger partial charge < -0.3 is 10.6 Å². The van der Waals surface area contributed by atoms with E-state index in [4.69, 9.17) is 0 Å².